The summed E-state index contributed by atoms with van der Waals surface area (Å²) in [6, 6.07) is 4.39. The normalized spacial score (nSPS) is 12.0. The van der Waals surface area contributed by atoms with Crippen molar-refractivity contribution in [2.24, 2.45) is 0 Å². The van der Waals surface area contributed by atoms with Crippen molar-refractivity contribution in [2.45, 2.75) is 13.1 Å². The standard InChI is InChI=1S/C13H9F3N2O3/c1-8-12(18(19)20)11(17-21-8)7-4-9-2-5-10(6-3-9)13(14,15)16/h2-7H,1H3/b7-4+. The topological polar surface area (TPSA) is 69.2 Å². The van der Waals surface area contributed by atoms with Gasteiger partial charge in [-0.3, -0.25) is 10.1 Å². The largest absolute Gasteiger partial charge is 0.416 e. The summed E-state index contributed by atoms with van der Waals surface area (Å²) in [5, 5.41) is 14.3. The van der Waals surface area contributed by atoms with Crippen LogP contribution in [0, 0.1) is 17.0 Å². The monoisotopic (exact) mass is 298 g/mol. The number of hydrogen-bond donors (Lipinski definition) is 0. The van der Waals surface area contributed by atoms with Crippen LogP contribution in [-0.2, 0) is 6.18 Å². The van der Waals surface area contributed by atoms with Crippen LogP contribution in [0.25, 0.3) is 12.2 Å². The van der Waals surface area contributed by atoms with Crippen LogP contribution in [0.1, 0.15) is 22.6 Å². The maximum absolute atomic E-state index is 12.4. The van der Waals surface area contributed by atoms with Crippen LogP contribution in [-0.4, -0.2) is 10.1 Å². The van der Waals surface area contributed by atoms with Crippen LogP contribution in [0.3, 0.4) is 0 Å². The van der Waals surface area contributed by atoms with Crippen molar-refractivity contribution < 1.29 is 22.6 Å². The number of benzene rings is 1. The Hall–Kier alpha value is -2.64. The molecule has 0 unspecified atom stereocenters. The van der Waals surface area contributed by atoms with E-state index in [-0.39, 0.29) is 17.1 Å². The highest BCUT2D eigenvalue weighted by Gasteiger charge is 2.29. The second-order valence-corrected chi connectivity index (χ2v) is 4.18. The number of hydrogen-bond acceptors (Lipinski definition) is 4. The van der Waals surface area contributed by atoms with E-state index >= 15 is 0 Å². The molecule has 2 rings (SSSR count). The van der Waals surface area contributed by atoms with Gasteiger partial charge in [-0.25, -0.2) is 0 Å². The molecule has 0 spiro atoms. The molecule has 2 aromatic rings. The highest BCUT2D eigenvalue weighted by atomic mass is 19.4. The highest BCUT2D eigenvalue weighted by molar-refractivity contribution is 5.72. The van der Waals surface area contributed by atoms with Gasteiger partial charge in [0.1, 0.15) is 0 Å². The third kappa shape index (κ3) is 3.28. The molecule has 0 saturated carbocycles. The van der Waals surface area contributed by atoms with E-state index in [9.17, 15) is 23.3 Å². The molecule has 0 saturated heterocycles. The Balaban J connectivity index is 2.24. The molecule has 1 heterocycles. The first-order chi connectivity index (χ1) is 9.79. The number of aryl methyl sites for hydroxylation is 1. The highest BCUT2D eigenvalue weighted by Crippen LogP contribution is 2.29. The molecule has 0 atom stereocenters. The Kier molecular flexibility index (Phi) is 3.79. The van der Waals surface area contributed by atoms with Crippen LogP contribution in [0.15, 0.2) is 28.8 Å². The zero-order chi connectivity index (χ0) is 15.6. The third-order valence-electron chi connectivity index (χ3n) is 2.71. The third-order valence-corrected chi connectivity index (χ3v) is 2.71. The lowest BCUT2D eigenvalue weighted by molar-refractivity contribution is -0.386. The summed E-state index contributed by atoms with van der Waals surface area (Å²) in [5.41, 5.74) is -0.559. The average Bonchev–Trinajstić information content (AvgIpc) is 2.77. The van der Waals surface area contributed by atoms with Crippen LogP contribution in [0.4, 0.5) is 18.9 Å². The van der Waals surface area contributed by atoms with Gasteiger partial charge in [0.15, 0.2) is 5.69 Å². The molecule has 0 fully saturated rings. The summed E-state index contributed by atoms with van der Waals surface area (Å²) in [7, 11) is 0. The summed E-state index contributed by atoms with van der Waals surface area (Å²) in [4.78, 5) is 10.2. The maximum atomic E-state index is 12.4. The second-order valence-electron chi connectivity index (χ2n) is 4.18. The van der Waals surface area contributed by atoms with Gasteiger partial charge in [-0.1, -0.05) is 23.4 Å². The van der Waals surface area contributed by atoms with Gasteiger partial charge in [-0.15, -0.1) is 0 Å². The van der Waals surface area contributed by atoms with Crippen molar-refractivity contribution in [3.63, 3.8) is 0 Å². The number of nitrogens with zero attached hydrogens (tertiary/aromatic N) is 2. The number of aromatic nitrogens is 1. The molecular weight excluding hydrogens is 289 g/mol. The van der Waals surface area contributed by atoms with E-state index in [2.05, 4.69) is 5.16 Å². The maximum Gasteiger partial charge on any atom is 0.416 e. The summed E-state index contributed by atoms with van der Waals surface area (Å²) < 4.78 is 41.9. The van der Waals surface area contributed by atoms with Crippen molar-refractivity contribution >= 4 is 17.8 Å². The molecule has 8 heteroatoms. The van der Waals surface area contributed by atoms with Crippen molar-refractivity contribution in [3.8, 4) is 0 Å². The van der Waals surface area contributed by atoms with Gasteiger partial charge in [0, 0.05) is 6.92 Å². The van der Waals surface area contributed by atoms with E-state index in [4.69, 9.17) is 4.52 Å². The predicted molar refractivity (Wildman–Crippen MR) is 68.3 cm³/mol. The zero-order valence-corrected chi connectivity index (χ0v) is 10.7. The van der Waals surface area contributed by atoms with Crippen LogP contribution < -0.4 is 0 Å². The molecule has 21 heavy (non-hydrogen) atoms. The quantitative estimate of drug-likeness (QED) is 0.632. The number of alkyl halides is 3. The molecule has 1 aromatic heterocycles. The van der Waals surface area contributed by atoms with E-state index in [1.807, 2.05) is 0 Å². The van der Waals surface area contributed by atoms with Crippen molar-refractivity contribution in [1.29, 1.82) is 0 Å². The molecule has 0 radical (unpaired) electrons. The van der Waals surface area contributed by atoms with Gasteiger partial charge >= 0.3 is 11.9 Å². The van der Waals surface area contributed by atoms with Gasteiger partial charge in [0.2, 0.25) is 5.76 Å². The molecule has 0 N–H and O–H groups in total. The lowest BCUT2D eigenvalue weighted by Crippen LogP contribution is -2.03. The first kappa shape index (κ1) is 14.8. The number of halogens is 3. The summed E-state index contributed by atoms with van der Waals surface area (Å²) >= 11 is 0. The van der Waals surface area contributed by atoms with E-state index in [0.717, 1.165) is 12.1 Å². The van der Waals surface area contributed by atoms with Gasteiger partial charge in [0.25, 0.3) is 0 Å². The zero-order valence-electron chi connectivity index (χ0n) is 10.7. The first-order valence-electron chi connectivity index (χ1n) is 5.75. The van der Waals surface area contributed by atoms with E-state index in [1.54, 1.807) is 0 Å². The molecule has 0 aliphatic rings. The van der Waals surface area contributed by atoms with Crippen molar-refractivity contribution in [3.05, 3.63) is 57.0 Å². The molecule has 0 amide bonds. The van der Waals surface area contributed by atoms with Crippen LogP contribution in [0.2, 0.25) is 0 Å². The lowest BCUT2D eigenvalue weighted by atomic mass is 10.1. The lowest BCUT2D eigenvalue weighted by Gasteiger charge is -2.05. The Morgan fingerprint density at radius 2 is 1.86 bits per heavy atom. The molecule has 110 valence electrons. The van der Waals surface area contributed by atoms with Crippen LogP contribution >= 0.6 is 0 Å². The Labute approximate surface area is 116 Å². The molecule has 5 nitrogen and oxygen atoms in total. The second kappa shape index (κ2) is 5.39. The predicted octanol–water partition coefficient (Wildman–Crippen LogP) is 4.08. The minimum atomic E-state index is -4.40. The minimum absolute atomic E-state index is 0.0115. The Morgan fingerprint density at radius 3 is 2.38 bits per heavy atom. The first-order valence-corrected chi connectivity index (χ1v) is 5.75. The molecular formula is C13H9F3N2O3. The smallest absolute Gasteiger partial charge is 0.354 e. The van der Waals surface area contributed by atoms with Gasteiger partial charge in [-0.05, 0) is 23.8 Å². The fraction of sp³-hybridized carbons (Fsp3) is 0.154. The SMILES string of the molecule is Cc1onc(/C=C/c2ccc(C(F)(F)F)cc2)c1[N+](=O)[O-]. The fourth-order valence-corrected chi connectivity index (χ4v) is 1.67. The Bertz CT molecular complexity index is 688. The Morgan fingerprint density at radius 1 is 1.24 bits per heavy atom. The molecule has 1 aromatic carbocycles. The minimum Gasteiger partial charge on any atom is -0.354 e. The number of nitro groups is 1. The summed E-state index contributed by atoms with van der Waals surface area (Å²) in [5.74, 6) is 0.0621. The van der Waals surface area contributed by atoms with Crippen molar-refractivity contribution in [2.75, 3.05) is 0 Å². The fourth-order valence-electron chi connectivity index (χ4n) is 1.67. The van der Waals surface area contributed by atoms with E-state index < -0.39 is 16.7 Å². The van der Waals surface area contributed by atoms with E-state index in [1.165, 1.54) is 31.2 Å². The summed E-state index contributed by atoms with van der Waals surface area (Å²) in [6.07, 6.45) is -1.66. The van der Waals surface area contributed by atoms with Crippen LogP contribution in [0.5, 0.6) is 0 Å². The van der Waals surface area contributed by atoms with Gasteiger partial charge < -0.3 is 4.52 Å². The van der Waals surface area contributed by atoms with Gasteiger partial charge in [0.05, 0.1) is 10.5 Å². The summed E-state index contributed by atoms with van der Waals surface area (Å²) in [6.45, 7) is 1.40. The van der Waals surface area contributed by atoms with E-state index in [0.29, 0.717) is 5.56 Å². The molecule has 0 bridgehead atoms. The molecule has 0 aliphatic carbocycles. The molecule has 0 aliphatic heterocycles. The number of rotatable bonds is 3. The van der Waals surface area contributed by atoms with Crippen molar-refractivity contribution in [1.82, 2.24) is 5.16 Å². The van der Waals surface area contributed by atoms with Gasteiger partial charge in [-0.2, -0.15) is 13.2 Å². The average molecular weight is 298 g/mol.